The van der Waals surface area contributed by atoms with Gasteiger partial charge in [0.15, 0.2) is 0 Å². The Hall–Kier alpha value is -1.43. The second-order valence-corrected chi connectivity index (χ2v) is 5.79. The van der Waals surface area contributed by atoms with Gasteiger partial charge in [-0.1, -0.05) is 51.9 Å². The lowest BCUT2D eigenvalue weighted by Crippen LogP contribution is -2.15. The van der Waals surface area contributed by atoms with Crippen LogP contribution in [0, 0.1) is 0 Å². The Morgan fingerprint density at radius 3 is 2.55 bits per heavy atom. The van der Waals surface area contributed by atoms with Crippen LogP contribution in [0.15, 0.2) is 46.9 Å². The van der Waals surface area contributed by atoms with Crippen LogP contribution in [-0.4, -0.2) is 10.9 Å². The van der Waals surface area contributed by atoms with Crippen molar-refractivity contribution in [3.63, 3.8) is 0 Å². The molecule has 0 aliphatic carbocycles. The Labute approximate surface area is 135 Å². The third kappa shape index (κ3) is 3.56. The first-order chi connectivity index (χ1) is 9.47. The lowest BCUT2D eigenvalue weighted by atomic mass is 10.1. The molecule has 2 aromatic rings. The number of benzene rings is 2. The van der Waals surface area contributed by atoms with Crippen molar-refractivity contribution in [3.05, 3.63) is 63.1 Å². The summed E-state index contributed by atoms with van der Waals surface area (Å²) in [4.78, 5) is 12.4. The molecule has 0 bridgehead atoms. The highest BCUT2D eigenvalue weighted by atomic mass is 79.9. The van der Waals surface area contributed by atoms with E-state index in [9.17, 15) is 4.79 Å². The van der Waals surface area contributed by atoms with E-state index in [2.05, 4.69) is 21.2 Å². The molecular formula is C14H10BrClN2OS. The van der Waals surface area contributed by atoms with Crippen LogP contribution in [0.25, 0.3) is 0 Å². The normalized spacial score (nSPS) is 10.1. The number of carbonyl (C=O) groups is 1. The second-order valence-electron chi connectivity index (χ2n) is 4.02. The molecule has 0 unspecified atom stereocenters. The number of hydrogen-bond acceptors (Lipinski definition) is 2. The Morgan fingerprint density at radius 1 is 1.20 bits per heavy atom. The van der Waals surface area contributed by atoms with Crippen LogP contribution < -0.4 is 11.1 Å². The van der Waals surface area contributed by atoms with Gasteiger partial charge in [-0.3, -0.25) is 4.79 Å². The molecule has 1 amide bonds. The summed E-state index contributed by atoms with van der Waals surface area (Å²) in [7, 11) is 0. The van der Waals surface area contributed by atoms with Crippen molar-refractivity contribution in [2.45, 2.75) is 0 Å². The van der Waals surface area contributed by atoms with Gasteiger partial charge >= 0.3 is 0 Å². The van der Waals surface area contributed by atoms with Crippen LogP contribution in [0.4, 0.5) is 5.69 Å². The molecule has 0 heterocycles. The van der Waals surface area contributed by atoms with Crippen molar-refractivity contribution in [3.8, 4) is 0 Å². The van der Waals surface area contributed by atoms with Crippen molar-refractivity contribution >= 4 is 56.3 Å². The molecule has 20 heavy (non-hydrogen) atoms. The number of hydrogen-bond donors (Lipinski definition) is 2. The van der Waals surface area contributed by atoms with Crippen LogP contribution in [0.3, 0.4) is 0 Å². The maximum atomic E-state index is 12.2. The van der Waals surface area contributed by atoms with E-state index in [1.807, 2.05) is 0 Å². The lowest BCUT2D eigenvalue weighted by molar-refractivity contribution is 0.102. The topological polar surface area (TPSA) is 55.1 Å². The molecular weight excluding hydrogens is 360 g/mol. The summed E-state index contributed by atoms with van der Waals surface area (Å²) >= 11 is 14.3. The first kappa shape index (κ1) is 15.0. The first-order valence-electron chi connectivity index (χ1n) is 5.63. The molecule has 0 atom stereocenters. The smallest absolute Gasteiger partial charge is 0.255 e. The summed E-state index contributed by atoms with van der Waals surface area (Å²) in [5.74, 6) is -0.271. The molecule has 102 valence electrons. The molecule has 0 aliphatic heterocycles. The predicted octanol–water partition coefficient (Wildman–Crippen LogP) is 3.99. The zero-order valence-electron chi connectivity index (χ0n) is 10.2. The van der Waals surface area contributed by atoms with Gasteiger partial charge in [0.1, 0.15) is 4.99 Å². The Bertz CT molecular complexity index is 691. The third-order valence-electron chi connectivity index (χ3n) is 2.59. The van der Waals surface area contributed by atoms with Crippen molar-refractivity contribution in [2.75, 3.05) is 5.32 Å². The van der Waals surface area contributed by atoms with Crippen molar-refractivity contribution in [1.82, 2.24) is 0 Å². The zero-order chi connectivity index (χ0) is 14.7. The summed E-state index contributed by atoms with van der Waals surface area (Å²) in [6, 6.07) is 12.0. The maximum Gasteiger partial charge on any atom is 0.255 e. The number of carbonyl (C=O) groups excluding carboxylic acids is 1. The summed E-state index contributed by atoms with van der Waals surface area (Å²) in [5, 5.41) is 3.20. The van der Waals surface area contributed by atoms with Crippen LogP contribution in [0.5, 0.6) is 0 Å². The summed E-state index contributed by atoms with van der Waals surface area (Å²) in [6.45, 7) is 0. The summed E-state index contributed by atoms with van der Waals surface area (Å²) in [5.41, 5.74) is 7.21. The lowest BCUT2D eigenvalue weighted by Gasteiger charge is -2.08. The standard InChI is InChI=1S/C14H10BrClN2OS/c15-10-4-5-12(11(16)7-10)18-14(19)9-3-1-2-8(6-9)13(17)20/h1-7H,(H2,17,20)(H,18,19). The SMILES string of the molecule is NC(=S)c1cccc(C(=O)Nc2ccc(Br)cc2Cl)c1. The number of nitrogens with one attached hydrogen (secondary N) is 1. The van der Waals surface area contributed by atoms with Gasteiger partial charge in [0.05, 0.1) is 10.7 Å². The van der Waals surface area contributed by atoms with E-state index in [-0.39, 0.29) is 10.9 Å². The molecule has 0 radical (unpaired) electrons. The van der Waals surface area contributed by atoms with Crippen molar-refractivity contribution < 1.29 is 4.79 Å². The van der Waals surface area contributed by atoms with E-state index >= 15 is 0 Å². The number of thiocarbonyl (C=S) groups is 1. The molecule has 0 spiro atoms. The molecule has 2 aromatic carbocycles. The third-order valence-corrected chi connectivity index (χ3v) is 3.63. The van der Waals surface area contributed by atoms with E-state index in [0.717, 1.165) is 4.47 Å². The van der Waals surface area contributed by atoms with E-state index < -0.39 is 0 Å². The van der Waals surface area contributed by atoms with Crippen LogP contribution in [0.2, 0.25) is 5.02 Å². The molecule has 0 saturated carbocycles. The molecule has 3 N–H and O–H groups in total. The van der Waals surface area contributed by atoms with Gasteiger partial charge in [-0.15, -0.1) is 0 Å². The first-order valence-corrected chi connectivity index (χ1v) is 7.21. The second kappa shape index (κ2) is 6.35. The van der Waals surface area contributed by atoms with Crippen LogP contribution in [0.1, 0.15) is 15.9 Å². The minimum atomic E-state index is -0.271. The van der Waals surface area contributed by atoms with Gasteiger partial charge in [0.25, 0.3) is 5.91 Å². The molecule has 2 rings (SSSR count). The van der Waals surface area contributed by atoms with Crippen LogP contribution >= 0.6 is 39.7 Å². The summed E-state index contributed by atoms with van der Waals surface area (Å²) < 4.78 is 0.843. The minimum absolute atomic E-state index is 0.251. The zero-order valence-corrected chi connectivity index (χ0v) is 13.3. The number of nitrogens with two attached hydrogens (primary N) is 1. The molecule has 3 nitrogen and oxygen atoms in total. The Morgan fingerprint density at radius 2 is 1.90 bits per heavy atom. The Balaban J connectivity index is 2.24. The van der Waals surface area contributed by atoms with E-state index in [1.54, 1.807) is 42.5 Å². The number of rotatable bonds is 3. The number of halogens is 2. The fourth-order valence-electron chi connectivity index (χ4n) is 1.60. The van der Waals surface area contributed by atoms with E-state index in [0.29, 0.717) is 21.8 Å². The van der Waals surface area contributed by atoms with Gasteiger partial charge in [-0.2, -0.15) is 0 Å². The largest absolute Gasteiger partial charge is 0.389 e. The highest BCUT2D eigenvalue weighted by Gasteiger charge is 2.10. The van der Waals surface area contributed by atoms with E-state index in [4.69, 9.17) is 29.6 Å². The van der Waals surface area contributed by atoms with Gasteiger partial charge in [0.2, 0.25) is 0 Å². The molecule has 0 saturated heterocycles. The number of anilines is 1. The van der Waals surface area contributed by atoms with Crippen LogP contribution in [-0.2, 0) is 0 Å². The molecule has 0 aliphatic rings. The molecule has 0 fully saturated rings. The van der Waals surface area contributed by atoms with E-state index in [1.165, 1.54) is 0 Å². The van der Waals surface area contributed by atoms with Gasteiger partial charge in [-0.05, 0) is 30.3 Å². The quantitative estimate of drug-likeness (QED) is 0.804. The number of amides is 1. The fraction of sp³-hybridized carbons (Fsp3) is 0. The van der Waals surface area contributed by atoms with Gasteiger partial charge < -0.3 is 11.1 Å². The highest BCUT2D eigenvalue weighted by molar-refractivity contribution is 9.10. The summed E-state index contributed by atoms with van der Waals surface area (Å²) in [6.07, 6.45) is 0. The maximum absolute atomic E-state index is 12.2. The van der Waals surface area contributed by atoms with Crippen molar-refractivity contribution in [1.29, 1.82) is 0 Å². The molecule has 6 heteroatoms. The van der Waals surface area contributed by atoms with Crippen molar-refractivity contribution in [2.24, 2.45) is 5.73 Å². The minimum Gasteiger partial charge on any atom is -0.389 e. The molecule has 0 aromatic heterocycles. The fourth-order valence-corrected chi connectivity index (χ4v) is 2.45. The average molecular weight is 370 g/mol. The predicted molar refractivity (Wildman–Crippen MR) is 89.4 cm³/mol. The van der Waals surface area contributed by atoms with Gasteiger partial charge in [0, 0.05) is 15.6 Å². The Kier molecular flexibility index (Phi) is 4.75. The average Bonchev–Trinajstić information content (AvgIpc) is 2.42. The van der Waals surface area contributed by atoms with Gasteiger partial charge in [-0.25, -0.2) is 0 Å². The monoisotopic (exact) mass is 368 g/mol. The highest BCUT2D eigenvalue weighted by Crippen LogP contribution is 2.26.